The van der Waals surface area contributed by atoms with E-state index in [1.54, 1.807) is 0 Å². The van der Waals surface area contributed by atoms with Gasteiger partial charge in [-0.3, -0.25) is 4.79 Å². The molecule has 2 N–H and O–H groups in total. The number of carbonyl (C=O) groups is 1. The van der Waals surface area contributed by atoms with Gasteiger partial charge in [0.15, 0.2) is 0 Å². The molecular weight excluding hydrogens is 205 g/mol. The molecule has 0 bridgehead atoms. The van der Waals surface area contributed by atoms with E-state index in [0.29, 0.717) is 6.54 Å². The molecule has 0 aliphatic carbocycles. The molecule has 0 saturated carbocycles. The summed E-state index contributed by atoms with van der Waals surface area (Å²) in [5, 5.41) is 2.51. The van der Waals surface area contributed by atoms with E-state index in [-0.39, 0.29) is 18.3 Å². The third kappa shape index (κ3) is 8.43. The Bertz CT molecular complexity index is 124. The Labute approximate surface area is 77.2 Å². The highest BCUT2D eigenvalue weighted by Crippen LogP contribution is 2.35. The minimum Gasteiger partial charge on any atom is -0.353 e. The molecule has 0 aromatic rings. The summed E-state index contributed by atoms with van der Waals surface area (Å²) in [4.78, 5) is 19.1. The van der Waals surface area contributed by atoms with Gasteiger partial charge in [-0.25, -0.2) is 0 Å². The maximum atomic E-state index is 10.5. The summed E-state index contributed by atoms with van der Waals surface area (Å²) in [5.41, 5.74) is 0. The van der Waals surface area contributed by atoms with Gasteiger partial charge in [-0.05, 0) is 0 Å². The van der Waals surface area contributed by atoms with Gasteiger partial charge in [0.2, 0.25) is 13.5 Å². The van der Waals surface area contributed by atoms with Crippen molar-refractivity contribution < 1.29 is 14.2 Å². The monoisotopic (exact) mass is 215 g/mol. The van der Waals surface area contributed by atoms with Crippen LogP contribution >= 0.6 is 32.5 Å². The Morgan fingerprint density at radius 2 is 2.36 bits per heavy atom. The number of hydrogen-bond acceptors (Lipinski definition) is 5. The van der Waals surface area contributed by atoms with Gasteiger partial charge in [-0.1, -0.05) is 12.2 Å². The highest BCUT2D eigenvalue weighted by molar-refractivity contribution is 8.41. The molecule has 66 valence electrons. The zero-order valence-electron chi connectivity index (χ0n) is 5.73. The summed E-state index contributed by atoms with van der Waals surface area (Å²) < 4.78 is 4.68. The van der Waals surface area contributed by atoms with Crippen molar-refractivity contribution in [2.75, 3.05) is 18.9 Å². The van der Waals surface area contributed by atoms with E-state index >= 15 is 0 Å². The standard InChI is InChI=1S/C4H10NO3PS2/c6-4(3-10)5-1-2-8-9(7)11/h7,10-11H,1-3H2,(H,5,6). The van der Waals surface area contributed by atoms with Crippen LogP contribution in [-0.2, 0) is 9.32 Å². The van der Waals surface area contributed by atoms with E-state index < -0.39 is 7.58 Å². The van der Waals surface area contributed by atoms with Crippen LogP contribution in [-0.4, -0.2) is 29.7 Å². The van der Waals surface area contributed by atoms with Crippen LogP contribution in [0.2, 0.25) is 0 Å². The summed E-state index contributed by atoms with van der Waals surface area (Å²) in [6.07, 6.45) is 0. The summed E-state index contributed by atoms with van der Waals surface area (Å²) >= 11 is 7.36. The topological polar surface area (TPSA) is 58.6 Å². The molecule has 0 aromatic heterocycles. The molecule has 1 atom stereocenters. The van der Waals surface area contributed by atoms with Crippen LogP contribution in [0.15, 0.2) is 0 Å². The van der Waals surface area contributed by atoms with Crippen LogP contribution < -0.4 is 5.32 Å². The highest BCUT2D eigenvalue weighted by atomic mass is 32.7. The van der Waals surface area contributed by atoms with Crippen molar-refractivity contribution in [2.24, 2.45) is 0 Å². The maximum Gasteiger partial charge on any atom is 0.232 e. The molecule has 1 amide bonds. The molecule has 0 rings (SSSR count). The van der Waals surface area contributed by atoms with E-state index in [2.05, 4.69) is 34.7 Å². The van der Waals surface area contributed by atoms with E-state index in [4.69, 9.17) is 4.89 Å². The molecule has 0 heterocycles. The van der Waals surface area contributed by atoms with Crippen molar-refractivity contribution in [2.45, 2.75) is 0 Å². The molecule has 0 aliphatic rings. The number of thiol groups is 2. The number of nitrogens with one attached hydrogen (secondary N) is 1. The molecule has 11 heavy (non-hydrogen) atoms. The molecule has 0 fully saturated rings. The Balaban J connectivity index is 3.08. The number of hydrogen-bond donors (Lipinski definition) is 4. The zero-order chi connectivity index (χ0) is 8.69. The van der Waals surface area contributed by atoms with Crippen LogP contribution in [0.3, 0.4) is 0 Å². The smallest absolute Gasteiger partial charge is 0.232 e. The molecule has 0 aliphatic heterocycles. The third-order valence-corrected chi connectivity index (χ3v) is 1.82. The Kier molecular flexibility index (Phi) is 7.52. The number of amides is 1. The predicted octanol–water partition coefficient (Wildman–Crippen LogP) is 0.198. The summed E-state index contributed by atoms with van der Waals surface area (Å²) in [5.74, 6) is 0.00718. The van der Waals surface area contributed by atoms with Crippen LogP contribution in [0.4, 0.5) is 0 Å². The second kappa shape index (κ2) is 7.18. The average Bonchev–Trinajstić information content (AvgIpc) is 1.97. The number of carbonyl (C=O) groups excluding carboxylic acids is 1. The maximum absolute atomic E-state index is 10.5. The van der Waals surface area contributed by atoms with Gasteiger partial charge in [0.25, 0.3) is 0 Å². The first-order valence-corrected chi connectivity index (χ1v) is 5.85. The van der Waals surface area contributed by atoms with Gasteiger partial charge < -0.3 is 14.7 Å². The van der Waals surface area contributed by atoms with Gasteiger partial charge in [0.05, 0.1) is 12.4 Å². The molecule has 1 unspecified atom stereocenters. The lowest BCUT2D eigenvalue weighted by Crippen LogP contribution is -2.27. The SMILES string of the molecule is O=C(CS)NCCOP(O)S. The fraction of sp³-hybridized carbons (Fsp3) is 0.750. The fourth-order valence-corrected chi connectivity index (χ4v) is 0.985. The molecule has 7 heteroatoms. The van der Waals surface area contributed by atoms with Crippen molar-refractivity contribution >= 4 is 38.4 Å². The second-order valence-electron chi connectivity index (χ2n) is 1.59. The molecule has 0 radical (unpaired) electrons. The largest absolute Gasteiger partial charge is 0.353 e. The van der Waals surface area contributed by atoms with Crippen LogP contribution in [0.1, 0.15) is 0 Å². The predicted molar refractivity (Wildman–Crippen MR) is 50.9 cm³/mol. The molecular formula is C4H10NO3PS2. The van der Waals surface area contributed by atoms with Crippen LogP contribution in [0, 0.1) is 0 Å². The van der Waals surface area contributed by atoms with Gasteiger partial charge in [0.1, 0.15) is 0 Å². The van der Waals surface area contributed by atoms with Crippen LogP contribution in [0.5, 0.6) is 0 Å². The Hall–Kier alpha value is 0.520. The first-order chi connectivity index (χ1) is 5.16. The van der Waals surface area contributed by atoms with E-state index in [9.17, 15) is 4.79 Å². The van der Waals surface area contributed by atoms with Gasteiger partial charge in [-0.15, -0.1) is 0 Å². The Morgan fingerprint density at radius 3 is 2.82 bits per heavy atom. The lowest BCUT2D eigenvalue weighted by Gasteiger charge is -2.04. The molecule has 0 saturated heterocycles. The van der Waals surface area contributed by atoms with Crippen molar-refractivity contribution in [1.82, 2.24) is 5.32 Å². The first-order valence-electron chi connectivity index (χ1n) is 2.85. The van der Waals surface area contributed by atoms with E-state index in [0.717, 1.165) is 0 Å². The minimum atomic E-state index is -1.61. The normalized spacial score (nSPS) is 12.6. The highest BCUT2D eigenvalue weighted by Gasteiger charge is 1.98. The van der Waals surface area contributed by atoms with Gasteiger partial charge in [0, 0.05) is 6.54 Å². The van der Waals surface area contributed by atoms with Crippen molar-refractivity contribution in [3.8, 4) is 0 Å². The number of rotatable bonds is 5. The second-order valence-corrected chi connectivity index (χ2v) is 3.70. The van der Waals surface area contributed by atoms with E-state index in [1.807, 2.05) is 0 Å². The first kappa shape index (κ1) is 11.5. The fourth-order valence-electron chi connectivity index (χ4n) is 0.374. The minimum absolute atomic E-state index is 0.154. The quantitative estimate of drug-likeness (QED) is 0.301. The molecule has 0 spiro atoms. The summed E-state index contributed by atoms with van der Waals surface area (Å²) in [7, 11) is -1.61. The summed E-state index contributed by atoms with van der Waals surface area (Å²) in [6.45, 7) is 0.643. The van der Waals surface area contributed by atoms with Crippen molar-refractivity contribution in [1.29, 1.82) is 0 Å². The average molecular weight is 215 g/mol. The third-order valence-electron chi connectivity index (χ3n) is 0.775. The van der Waals surface area contributed by atoms with Crippen molar-refractivity contribution in [3.05, 3.63) is 0 Å². The van der Waals surface area contributed by atoms with Crippen molar-refractivity contribution in [3.63, 3.8) is 0 Å². The molecule has 4 nitrogen and oxygen atoms in total. The Morgan fingerprint density at radius 1 is 1.73 bits per heavy atom. The van der Waals surface area contributed by atoms with E-state index in [1.165, 1.54) is 0 Å². The summed E-state index contributed by atoms with van der Waals surface area (Å²) in [6, 6.07) is 0. The van der Waals surface area contributed by atoms with Gasteiger partial charge >= 0.3 is 0 Å². The lowest BCUT2D eigenvalue weighted by atomic mass is 10.6. The molecule has 0 aromatic carbocycles. The lowest BCUT2D eigenvalue weighted by molar-refractivity contribution is -0.118. The van der Waals surface area contributed by atoms with Crippen LogP contribution in [0.25, 0.3) is 0 Å². The zero-order valence-corrected chi connectivity index (χ0v) is 8.41. The van der Waals surface area contributed by atoms with Gasteiger partial charge in [-0.2, -0.15) is 12.6 Å².